The first-order valence-electron chi connectivity index (χ1n) is 14.1. The fourth-order valence-corrected chi connectivity index (χ4v) is 11.3. The summed E-state index contributed by atoms with van der Waals surface area (Å²) < 4.78 is 0. The van der Waals surface area contributed by atoms with Gasteiger partial charge in [-0.25, -0.2) is 0 Å². The van der Waals surface area contributed by atoms with Gasteiger partial charge < -0.3 is 5.11 Å². The Bertz CT molecular complexity index is 709. The lowest BCUT2D eigenvalue weighted by Crippen LogP contribution is -2.57. The molecule has 5 aliphatic rings. The van der Waals surface area contributed by atoms with E-state index in [4.69, 9.17) is 0 Å². The quantitative estimate of drug-likeness (QED) is 0.467. The maximum absolute atomic E-state index is 10.8. The van der Waals surface area contributed by atoms with Crippen molar-refractivity contribution in [2.45, 2.75) is 132 Å². The van der Waals surface area contributed by atoms with Crippen molar-refractivity contribution in [1.82, 2.24) is 0 Å². The lowest BCUT2D eigenvalue weighted by Gasteiger charge is -2.63. The summed E-state index contributed by atoms with van der Waals surface area (Å²) in [4.78, 5) is 0. The molecule has 0 heterocycles. The van der Waals surface area contributed by atoms with E-state index in [2.05, 4.69) is 48.5 Å². The summed E-state index contributed by atoms with van der Waals surface area (Å²) in [5, 5.41) is 10.8. The van der Waals surface area contributed by atoms with Crippen LogP contribution in [0.2, 0.25) is 0 Å². The molecule has 0 aromatic carbocycles. The number of hydrogen-bond donors (Lipinski definition) is 1. The predicted octanol–water partition coefficient (Wildman–Crippen LogP) is 8.25. The molecule has 0 aliphatic heterocycles. The Morgan fingerprint density at radius 1 is 0.742 bits per heavy atom. The molecule has 1 N–H and O–H groups in total. The average molecular weight is 429 g/mol. The first-order chi connectivity index (χ1) is 14.4. The number of rotatable bonds is 5. The molecular weight excluding hydrogens is 376 g/mol. The SMILES string of the molecule is CC(C)CCC[C@@H](C)[C@H]1CC[C@@]2(C)[C@@H]3CCC4C(C)(C)C(O)CC[C@@]45CC35CC[C@]12C. The molecule has 2 spiro atoms. The van der Waals surface area contributed by atoms with Gasteiger partial charge in [-0.05, 0) is 114 Å². The van der Waals surface area contributed by atoms with Crippen LogP contribution in [0, 0.1) is 56.7 Å². The highest BCUT2D eigenvalue weighted by atomic mass is 16.3. The Labute approximate surface area is 193 Å². The summed E-state index contributed by atoms with van der Waals surface area (Å²) in [6.07, 6.45) is 16.9. The molecule has 31 heavy (non-hydrogen) atoms. The average Bonchev–Trinajstić information content (AvgIpc) is 3.27. The number of fused-ring (bicyclic) bond motifs is 2. The third kappa shape index (κ3) is 2.77. The highest BCUT2D eigenvalue weighted by Crippen LogP contribution is 2.89. The lowest BCUT2D eigenvalue weighted by atomic mass is 9.41. The Hall–Kier alpha value is -0.0400. The summed E-state index contributed by atoms with van der Waals surface area (Å²) in [6.45, 7) is 17.7. The minimum Gasteiger partial charge on any atom is -0.393 e. The molecule has 178 valence electrons. The number of aliphatic hydroxyl groups excluding tert-OH is 1. The second kappa shape index (κ2) is 6.99. The highest BCUT2D eigenvalue weighted by molar-refractivity contribution is 5.30. The van der Waals surface area contributed by atoms with E-state index >= 15 is 0 Å². The van der Waals surface area contributed by atoms with Gasteiger partial charge in [-0.2, -0.15) is 0 Å². The molecule has 0 aromatic heterocycles. The van der Waals surface area contributed by atoms with Gasteiger partial charge in [-0.15, -0.1) is 0 Å². The second-order valence-electron chi connectivity index (χ2n) is 14.8. The summed E-state index contributed by atoms with van der Waals surface area (Å²) in [5.74, 6) is 4.41. The van der Waals surface area contributed by atoms with Crippen molar-refractivity contribution in [2.75, 3.05) is 0 Å². The standard InChI is InChI=1S/C30H52O/c1-20(2)9-8-10-21(3)22-13-15-28(7)24-12-11-23-26(4,5)25(31)14-16-29(23)19-30(24,29)18-17-27(22,28)6/h20-25,31H,8-19H2,1-7H3/t21-,22-,23?,24+,25?,27-,28+,29-,30?/m1/s1. The number of hydrogen-bond acceptors (Lipinski definition) is 1. The van der Waals surface area contributed by atoms with Gasteiger partial charge in [0, 0.05) is 0 Å². The van der Waals surface area contributed by atoms with Gasteiger partial charge in [0.2, 0.25) is 0 Å². The molecule has 5 saturated carbocycles. The third-order valence-corrected chi connectivity index (χ3v) is 13.3. The molecule has 0 radical (unpaired) electrons. The van der Waals surface area contributed by atoms with Crippen LogP contribution in [0.15, 0.2) is 0 Å². The molecule has 1 nitrogen and oxygen atoms in total. The van der Waals surface area contributed by atoms with Gasteiger partial charge in [0.05, 0.1) is 6.10 Å². The summed E-state index contributed by atoms with van der Waals surface area (Å²) in [7, 11) is 0. The topological polar surface area (TPSA) is 20.2 Å². The van der Waals surface area contributed by atoms with Gasteiger partial charge in [-0.1, -0.05) is 67.7 Å². The van der Waals surface area contributed by atoms with E-state index < -0.39 is 0 Å². The first-order valence-corrected chi connectivity index (χ1v) is 14.1. The Balaban J connectivity index is 1.39. The molecule has 0 saturated heterocycles. The Morgan fingerprint density at radius 3 is 2.13 bits per heavy atom. The molecule has 5 fully saturated rings. The van der Waals surface area contributed by atoms with Crippen LogP contribution in [0.5, 0.6) is 0 Å². The molecule has 3 unspecified atom stereocenters. The zero-order valence-electron chi connectivity index (χ0n) is 21.9. The van der Waals surface area contributed by atoms with E-state index in [1.807, 2.05) is 0 Å². The second-order valence-corrected chi connectivity index (χ2v) is 14.8. The zero-order valence-corrected chi connectivity index (χ0v) is 21.9. The van der Waals surface area contributed by atoms with Gasteiger partial charge in [-0.3, -0.25) is 0 Å². The van der Waals surface area contributed by atoms with E-state index in [1.54, 1.807) is 0 Å². The molecular formula is C30H52O. The van der Waals surface area contributed by atoms with Crippen molar-refractivity contribution in [3.63, 3.8) is 0 Å². The van der Waals surface area contributed by atoms with Crippen molar-refractivity contribution >= 4 is 0 Å². The van der Waals surface area contributed by atoms with Gasteiger partial charge in [0.15, 0.2) is 0 Å². The van der Waals surface area contributed by atoms with Crippen LogP contribution in [0.3, 0.4) is 0 Å². The molecule has 5 aliphatic carbocycles. The Kier molecular flexibility index (Phi) is 5.13. The van der Waals surface area contributed by atoms with E-state index in [1.165, 1.54) is 70.6 Å². The minimum absolute atomic E-state index is 0.0793. The van der Waals surface area contributed by atoms with Crippen LogP contribution < -0.4 is 0 Å². The van der Waals surface area contributed by atoms with Crippen molar-refractivity contribution < 1.29 is 5.11 Å². The predicted molar refractivity (Wildman–Crippen MR) is 131 cm³/mol. The van der Waals surface area contributed by atoms with Crippen LogP contribution in [-0.4, -0.2) is 11.2 Å². The summed E-state index contributed by atoms with van der Waals surface area (Å²) in [5.41, 5.74) is 2.45. The fourth-order valence-electron chi connectivity index (χ4n) is 11.3. The molecule has 1 heteroatoms. The molecule has 9 atom stereocenters. The maximum atomic E-state index is 10.8. The van der Waals surface area contributed by atoms with Gasteiger partial charge in [0.25, 0.3) is 0 Å². The molecule has 0 aromatic rings. The van der Waals surface area contributed by atoms with Crippen molar-refractivity contribution in [2.24, 2.45) is 56.7 Å². The van der Waals surface area contributed by atoms with Crippen molar-refractivity contribution in [3.8, 4) is 0 Å². The van der Waals surface area contributed by atoms with Crippen molar-refractivity contribution in [1.29, 1.82) is 0 Å². The maximum Gasteiger partial charge on any atom is 0.0594 e. The molecule has 0 bridgehead atoms. The van der Waals surface area contributed by atoms with Crippen molar-refractivity contribution in [3.05, 3.63) is 0 Å². The molecule has 0 amide bonds. The summed E-state index contributed by atoms with van der Waals surface area (Å²) in [6, 6.07) is 0. The van der Waals surface area contributed by atoms with Crippen LogP contribution in [0.25, 0.3) is 0 Å². The molecule has 5 rings (SSSR count). The largest absolute Gasteiger partial charge is 0.393 e. The van der Waals surface area contributed by atoms with E-state index in [9.17, 15) is 5.11 Å². The van der Waals surface area contributed by atoms with Crippen LogP contribution in [0.4, 0.5) is 0 Å². The smallest absolute Gasteiger partial charge is 0.0594 e. The first kappa shape index (κ1) is 22.7. The van der Waals surface area contributed by atoms with Gasteiger partial charge in [0.1, 0.15) is 0 Å². The van der Waals surface area contributed by atoms with Crippen LogP contribution >= 0.6 is 0 Å². The third-order valence-electron chi connectivity index (χ3n) is 13.3. The lowest BCUT2D eigenvalue weighted by molar-refractivity contribution is -0.161. The Morgan fingerprint density at radius 2 is 1.42 bits per heavy atom. The normalized spacial score (nSPS) is 53.3. The zero-order chi connectivity index (χ0) is 22.4. The van der Waals surface area contributed by atoms with Crippen LogP contribution in [-0.2, 0) is 0 Å². The van der Waals surface area contributed by atoms with E-state index in [0.717, 1.165) is 36.0 Å². The summed E-state index contributed by atoms with van der Waals surface area (Å²) >= 11 is 0. The van der Waals surface area contributed by atoms with Gasteiger partial charge >= 0.3 is 0 Å². The monoisotopic (exact) mass is 428 g/mol. The van der Waals surface area contributed by atoms with E-state index in [-0.39, 0.29) is 11.5 Å². The number of aliphatic hydroxyl groups is 1. The fraction of sp³-hybridized carbons (Fsp3) is 1.00. The van der Waals surface area contributed by atoms with E-state index in [0.29, 0.717) is 21.7 Å². The highest BCUT2D eigenvalue weighted by Gasteiger charge is 2.82. The minimum atomic E-state index is -0.0793. The van der Waals surface area contributed by atoms with Crippen LogP contribution in [0.1, 0.15) is 126 Å².